The molecule has 0 aliphatic heterocycles. The topological polar surface area (TPSA) is 54.5 Å². The van der Waals surface area contributed by atoms with Gasteiger partial charge in [-0.1, -0.05) is 0 Å². The number of rotatable bonds is 6. The van der Waals surface area contributed by atoms with Gasteiger partial charge in [0.05, 0.1) is 25.0 Å². The van der Waals surface area contributed by atoms with Crippen molar-refractivity contribution in [2.75, 3.05) is 32.1 Å². The molecule has 1 heterocycles. The third-order valence-corrected chi connectivity index (χ3v) is 2.37. The van der Waals surface area contributed by atoms with Gasteiger partial charge in [-0.25, -0.2) is 4.98 Å². The smallest absolute Gasteiger partial charge is 0.241 e. The SMILES string of the molecule is CCOc1ccc(NCC(=O)N(C)CC)cn1. The summed E-state index contributed by atoms with van der Waals surface area (Å²) >= 11 is 0. The maximum Gasteiger partial charge on any atom is 0.241 e. The molecule has 0 radical (unpaired) electrons. The van der Waals surface area contributed by atoms with Gasteiger partial charge in [0.1, 0.15) is 0 Å². The minimum atomic E-state index is 0.0568. The molecule has 1 amide bonds. The van der Waals surface area contributed by atoms with Crippen molar-refractivity contribution in [1.29, 1.82) is 0 Å². The number of pyridine rings is 1. The minimum absolute atomic E-state index is 0.0568. The Morgan fingerprint density at radius 2 is 2.24 bits per heavy atom. The molecule has 0 saturated heterocycles. The summed E-state index contributed by atoms with van der Waals surface area (Å²) in [6.07, 6.45) is 1.66. The lowest BCUT2D eigenvalue weighted by Crippen LogP contribution is -2.31. The fourth-order valence-corrected chi connectivity index (χ4v) is 1.21. The average molecular weight is 237 g/mol. The molecule has 94 valence electrons. The van der Waals surface area contributed by atoms with Gasteiger partial charge in [-0.15, -0.1) is 0 Å². The number of hydrogen-bond acceptors (Lipinski definition) is 4. The summed E-state index contributed by atoms with van der Waals surface area (Å²) in [5.74, 6) is 0.649. The molecule has 5 heteroatoms. The van der Waals surface area contributed by atoms with E-state index in [0.29, 0.717) is 19.0 Å². The van der Waals surface area contributed by atoms with Gasteiger partial charge in [0, 0.05) is 19.7 Å². The third-order valence-electron chi connectivity index (χ3n) is 2.37. The quantitative estimate of drug-likeness (QED) is 0.812. The first-order valence-electron chi connectivity index (χ1n) is 5.74. The van der Waals surface area contributed by atoms with E-state index in [2.05, 4.69) is 10.3 Å². The molecule has 0 atom stereocenters. The zero-order chi connectivity index (χ0) is 12.7. The number of carbonyl (C=O) groups excluding carboxylic acids is 1. The monoisotopic (exact) mass is 237 g/mol. The number of nitrogens with zero attached hydrogens (tertiary/aromatic N) is 2. The van der Waals surface area contributed by atoms with Crippen LogP contribution in [0.1, 0.15) is 13.8 Å². The number of hydrogen-bond donors (Lipinski definition) is 1. The highest BCUT2D eigenvalue weighted by atomic mass is 16.5. The van der Waals surface area contributed by atoms with Crippen molar-refractivity contribution in [1.82, 2.24) is 9.88 Å². The molecule has 0 aliphatic carbocycles. The van der Waals surface area contributed by atoms with Crippen molar-refractivity contribution >= 4 is 11.6 Å². The number of aromatic nitrogens is 1. The number of amides is 1. The number of ether oxygens (including phenoxy) is 1. The third kappa shape index (κ3) is 4.30. The Bertz CT molecular complexity index is 351. The first-order valence-corrected chi connectivity index (χ1v) is 5.74. The normalized spacial score (nSPS) is 9.82. The van der Waals surface area contributed by atoms with Crippen LogP contribution in [0.5, 0.6) is 5.88 Å². The van der Waals surface area contributed by atoms with E-state index in [9.17, 15) is 4.79 Å². The summed E-state index contributed by atoms with van der Waals surface area (Å²) in [6, 6.07) is 3.62. The molecule has 1 rings (SSSR count). The molecule has 17 heavy (non-hydrogen) atoms. The summed E-state index contributed by atoms with van der Waals surface area (Å²) in [6.45, 7) is 5.44. The van der Waals surface area contributed by atoms with Crippen LogP contribution in [0.25, 0.3) is 0 Å². The van der Waals surface area contributed by atoms with E-state index in [-0.39, 0.29) is 12.5 Å². The summed E-state index contributed by atoms with van der Waals surface area (Å²) in [5, 5.41) is 3.02. The predicted octanol–water partition coefficient (Wildman–Crippen LogP) is 1.37. The van der Waals surface area contributed by atoms with Crippen molar-refractivity contribution in [2.45, 2.75) is 13.8 Å². The molecular formula is C12H19N3O2. The van der Waals surface area contributed by atoms with Crippen LogP contribution in [-0.4, -0.2) is 42.5 Å². The lowest BCUT2D eigenvalue weighted by Gasteiger charge is -2.15. The van der Waals surface area contributed by atoms with Crippen LogP contribution < -0.4 is 10.1 Å². The lowest BCUT2D eigenvalue weighted by atomic mass is 10.4. The maximum absolute atomic E-state index is 11.5. The highest BCUT2D eigenvalue weighted by Gasteiger charge is 2.05. The van der Waals surface area contributed by atoms with E-state index in [1.165, 1.54) is 0 Å². The largest absolute Gasteiger partial charge is 0.478 e. The van der Waals surface area contributed by atoms with Gasteiger partial charge in [-0.3, -0.25) is 4.79 Å². The van der Waals surface area contributed by atoms with E-state index in [1.54, 1.807) is 24.2 Å². The number of likely N-dealkylation sites (N-methyl/N-ethyl adjacent to an activating group) is 1. The van der Waals surface area contributed by atoms with E-state index < -0.39 is 0 Å². The highest BCUT2D eigenvalue weighted by molar-refractivity contribution is 5.80. The average Bonchev–Trinajstić information content (AvgIpc) is 2.37. The Labute approximate surface area is 102 Å². The van der Waals surface area contributed by atoms with Crippen LogP contribution in [0.15, 0.2) is 18.3 Å². The Hall–Kier alpha value is -1.78. The highest BCUT2D eigenvalue weighted by Crippen LogP contribution is 2.11. The first-order chi connectivity index (χ1) is 8.17. The molecule has 0 unspecified atom stereocenters. The molecular weight excluding hydrogens is 218 g/mol. The fourth-order valence-electron chi connectivity index (χ4n) is 1.21. The van der Waals surface area contributed by atoms with Gasteiger partial charge < -0.3 is 15.0 Å². The Morgan fingerprint density at radius 3 is 2.76 bits per heavy atom. The molecule has 0 aliphatic rings. The van der Waals surface area contributed by atoms with Crippen molar-refractivity contribution in [3.05, 3.63) is 18.3 Å². The second kappa shape index (κ2) is 6.73. The van der Waals surface area contributed by atoms with Crippen molar-refractivity contribution in [2.24, 2.45) is 0 Å². The summed E-state index contributed by atoms with van der Waals surface area (Å²) in [5.41, 5.74) is 0.811. The Kier molecular flexibility index (Phi) is 5.26. The molecule has 0 fully saturated rings. The lowest BCUT2D eigenvalue weighted by molar-refractivity contribution is -0.127. The summed E-state index contributed by atoms with van der Waals surface area (Å²) in [7, 11) is 1.78. The molecule has 1 N–H and O–H groups in total. The second-order valence-corrected chi connectivity index (χ2v) is 3.58. The van der Waals surface area contributed by atoms with Crippen LogP contribution in [-0.2, 0) is 4.79 Å². The van der Waals surface area contributed by atoms with Crippen LogP contribution in [0.4, 0.5) is 5.69 Å². The van der Waals surface area contributed by atoms with Crippen molar-refractivity contribution in [3.63, 3.8) is 0 Å². The number of carbonyl (C=O) groups is 1. The van der Waals surface area contributed by atoms with Crippen LogP contribution in [0.3, 0.4) is 0 Å². The van der Waals surface area contributed by atoms with Gasteiger partial charge >= 0.3 is 0 Å². The Morgan fingerprint density at radius 1 is 1.47 bits per heavy atom. The maximum atomic E-state index is 11.5. The zero-order valence-electron chi connectivity index (χ0n) is 10.6. The van der Waals surface area contributed by atoms with E-state index in [1.807, 2.05) is 19.9 Å². The van der Waals surface area contributed by atoms with E-state index in [0.717, 1.165) is 5.69 Å². The molecule has 0 spiro atoms. The standard InChI is InChI=1S/C12H19N3O2/c1-4-15(3)12(16)9-13-10-6-7-11(14-8-10)17-5-2/h6-8,13H,4-5,9H2,1-3H3. The number of nitrogens with one attached hydrogen (secondary N) is 1. The van der Waals surface area contributed by atoms with Gasteiger partial charge in [0.2, 0.25) is 11.8 Å². The van der Waals surface area contributed by atoms with Crippen LogP contribution in [0, 0.1) is 0 Å². The molecule has 0 aromatic carbocycles. The van der Waals surface area contributed by atoms with Gasteiger partial charge in [0.15, 0.2) is 0 Å². The van der Waals surface area contributed by atoms with E-state index >= 15 is 0 Å². The van der Waals surface area contributed by atoms with Crippen LogP contribution >= 0.6 is 0 Å². The fraction of sp³-hybridized carbons (Fsp3) is 0.500. The van der Waals surface area contributed by atoms with Gasteiger partial charge in [-0.05, 0) is 19.9 Å². The molecule has 1 aromatic rings. The molecule has 0 bridgehead atoms. The second-order valence-electron chi connectivity index (χ2n) is 3.58. The number of anilines is 1. The van der Waals surface area contributed by atoms with Crippen LogP contribution in [0.2, 0.25) is 0 Å². The molecule has 1 aromatic heterocycles. The zero-order valence-corrected chi connectivity index (χ0v) is 10.6. The summed E-state index contributed by atoms with van der Waals surface area (Å²) in [4.78, 5) is 17.3. The van der Waals surface area contributed by atoms with Crippen molar-refractivity contribution < 1.29 is 9.53 Å². The van der Waals surface area contributed by atoms with Crippen molar-refractivity contribution in [3.8, 4) is 5.88 Å². The van der Waals surface area contributed by atoms with Gasteiger partial charge in [-0.2, -0.15) is 0 Å². The molecule has 5 nitrogen and oxygen atoms in total. The molecule has 0 saturated carbocycles. The van der Waals surface area contributed by atoms with Gasteiger partial charge in [0.25, 0.3) is 0 Å². The Balaban J connectivity index is 2.44. The van der Waals surface area contributed by atoms with E-state index in [4.69, 9.17) is 4.74 Å². The first kappa shape index (κ1) is 13.3. The predicted molar refractivity (Wildman–Crippen MR) is 67.2 cm³/mol. The minimum Gasteiger partial charge on any atom is -0.478 e. The summed E-state index contributed by atoms with van der Waals surface area (Å²) < 4.78 is 5.23.